The highest BCUT2D eigenvalue weighted by molar-refractivity contribution is 6.32. The van der Waals surface area contributed by atoms with Crippen molar-refractivity contribution in [2.45, 2.75) is 13.5 Å². The first-order valence-corrected chi connectivity index (χ1v) is 9.34. The lowest BCUT2D eigenvalue weighted by molar-refractivity contribution is -0.116. The van der Waals surface area contributed by atoms with Crippen LogP contribution in [0.1, 0.15) is 18.1 Å². The van der Waals surface area contributed by atoms with E-state index in [2.05, 4.69) is 5.32 Å². The molecule has 0 aliphatic carbocycles. The number of hydrogen-bond acceptors (Lipinski definition) is 5. The average molecular weight is 404 g/mol. The molecule has 0 spiro atoms. The molecule has 0 aromatic heterocycles. The van der Waals surface area contributed by atoms with Crippen molar-refractivity contribution in [3.63, 3.8) is 0 Å². The molecular weight excluding hydrogens is 382 g/mol. The number of para-hydroxylation sites is 1. The highest BCUT2D eigenvalue weighted by atomic mass is 35.5. The molecule has 3 rings (SSSR count). The largest absolute Gasteiger partial charge is 0.493 e. The molecule has 0 fully saturated rings. The van der Waals surface area contributed by atoms with Gasteiger partial charge in [0, 0.05) is 18.2 Å². The van der Waals surface area contributed by atoms with Gasteiger partial charge in [-0.2, -0.15) is 0 Å². The van der Waals surface area contributed by atoms with Crippen LogP contribution in [0.25, 0.3) is 6.08 Å². The summed E-state index contributed by atoms with van der Waals surface area (Å²) < 4.78 is 22.0. The van der Waals surface area contributed by atoms with E-state index in [0.717, 1.165) is 11.1 Å². The lowest BCUT2D eigenvalue weighted by atomic mass is 10.1. The van der Waals surface area contributed by atoms with Crippen LogP contribution in [0.3, 0.4) is 0 Å². The van der Waals surface area contributed by atoms with Crippen LogP contribution in [0.2, 0.25) is 5.02 Å². The first-order valence-electron chi connectivity index (χ1n) is 8.96. The number of carbonyl (C=O) groups excluding carboxylic acids is 1. The highest BCUT2D eigenvalue weighted by Gasteiger charge is 2.15. The van der Waals surface area contributed by atoms with Crippen LogP contribution in [0.5, 0.6) is 23.0 Å². The normalized spacial score (nSPS) is 12.7. The number of fused-ring (bicyclic) bond motifs is 1. The van der Waals surface area contributed by atoms with Crippen LogP contribution in [0, 0.1) is 0 Å². The molecular formula is C21H22ClNO5. The molecule has 1 amide bonds. The van der Waals surface area contributed by atoms with Crippen LogP contribution in [-0.4, -0.2) is 32.8 Å². The smallest absolute Gasteiger partial charge is 0.244 e. The molecule has 1 heterocycles. The number of methoxy groups -OCH3 is 1. The Bertz CT molecular complexity index is 881. The zero-order valence-electron chi connectivity index (χ0n) is 15.8. The summed E-state index contributed by atoms with van der Waals surface area (Å²) >= 11 is 6.25. The number of nitrogens with one attached hydrogen (secondary N) is 1. The number of halogens is 1. The summed E-state index contributed by atoms with van der Waals surface area (Å²) in [5, 5.41) is 3.27. The maximum Gasteiger partial charge on any atom is 0.244 e. The number of hydrogen-bond donors (Lipinski definition) is 1. The molecule has 1 aliphatic heterocycles. The predicted molar refractivity (Wildman–Crippen MR) is 107 cm³/mol. The van der Waals surface area contributed by atoms with Crippen molar-refractivity contribution in [3.8, 4) is 23.0 Å². The Morgan fingerprint density at radius 2 is 2.11 bits per heavy atom. The van der Waals surface area contributed by atoms with Gasteiger partial charge in [-0.15, -0.1) is 0 Å². The van der Waals surface area contributed by atoms with Gasteiger partial charge in [-0.3, -0.25) is 4.79 Å². The second-order valence-electron chi connectivity index (χ2n) is 5.96. The third-order valence-corrected chi connectivity index (χ3v) is 4.35. The molecule has 0 bridgehead atoms. The summed E-state index contributed by atoms with van der Waals surface area (Å²) in [6.07, 6.45) is 3.11. The zero-order valence-corrected chi connectivity index (χ0v) is 16.5. The molecule has 0 atom stereocenters. The molecule has 2 aromatic carbocycles. The summed E-state index contributed by atoms with van der Waals surface area (Å²) in [5.74, 6) is 2.15. The van der Waals surface area contributed by atoms with Crippen molar-refractivity contribution in [3.05, 3.63) is 52.6 Å². The summed E-state index contributed by atoms with van der Waals surface area (Å²) in [7, 11) is 1.54. The highest BCUT2D eigenvalue weighted by Crippen LogP contribution is 2.37. The zero-order chi connectivity index (χ0) is 19.9. The van der Waals surface area contributed by atoms with Crippen LogP contribution in [0.4, 0.5) is 0 Å². The van der Waals surface area contributed by atoms with E-state index in [9.17, 15) is 4.79 Å². The first kappa shape index (κ1) is 19.9. The minimum atomic E-state index is -0.238. The summed E-state index contributed by atoms with van der Waals surface area (Å²) in [6.45, 7) is 3.71. The minimum Gasteiger partial charge on any atom is -0.493 e. The number of benzene rings is 2. The predicted octanol–water partition coefficient (Wildman–Crippen LogP) is 3.85. The summed E-state index contributed by atoms with van der Waals surface area (Å²) in [4.78, 5) is 12.2. The molecule has 1 aliphatic rings. The molecule has 6 nitrogen and oxygen atoms in total. The quantitative estimate of drug-likeness (QED) is 0.711. The van der Waals surface area contributed by atoms with Gasteiger partial charge in [0.2, 0.25) is 5.91 Å². The minimum absolute atomic E-state index is 0.238. The molecule has 148 valence electrons. The second kappa shape index (κ2) is 9.37. The van der Waals surface area contributed by atoms with Crippen molar-refractivity contribution in [2.24, 2.45) is 0 Å². The topological polar surface area (TPSA) is 66.0 Å². The Hall–Kier alpha value is -2.86. The molecule has 0 saturated carbocycles. The molecule has 0 saturated heterocycles. The van der Waals surface area contributed by atoms with Crippen LogP contribution >= 0.6 is 11.6 Å². The Labute approximate surface area is 169 Å². The molecule has 0 radical (unpaired) electrons. The van der Waals surface area contributed by atoms with Gasteiger partial charge < -0.3 is 24.3 Å². The second-order valence-corrected chi connectivity index (χ2v) is 6.37. The van der Waals surface area contributed by atoms with Crippen LogP contribution in [-0.2, 0) is 11.3 Å². The third kappa shape index (κ3) is 4.70. The van der Waals surface area contributed by atoms with E-state index >= 15 is 0 Å². The Balaban J connectivity index is 1.65. The van der Waals surface area contributed by atoms with E-state index in [-0.39, 0.29) is 5.91 Å². The standard InChI is InChI=1S/C21H22ClNO5/c1-3-26-21-16(22)11-14(12-18(21)25-2)7-8-19(24)23-13-15-5-4-6-17-20(15)28-10-9-27-17/h4-8,11-12H,3,9-10,13H2,1-2H3,(H,23,24)/b8-7+. The third-order valence-electron chi connectivity index (χ3n) is 4.07. The lowest BCUT2D eigenvalue weighted by Crippen LogP contribution is -2.22. The van der Waals surface area contributed by atoms with Gasteiger partial charge in [0.05, 0.1) is 18.7 Å². The van der Waals surface area contributed by atoms with E-state index in [1.165, 1.54) is 6.08 Å². The van der Waals surface area contributed by atoms with E-state index in [4.69, 9.17) is 30.5 Å². The van der Waals surface area contributed by atoms with Gasteiger partial charge in [-0.25, -0.2) is 0 Å². The molecule has 0 unspecified atom stereocenters. The van der Waals surface area contributed by atoms with Crippen LogP contribution in [0.15, 0.2) is 36.4 Å². The number of carbonyl (C=O) groups is 1. The van der Waals surface area contributed by atoms with E-state index in [0.29, 0.717) is 54.4 Å². The Morgan fingerprint density at radius 1 is 1.29 bits per heavy atom. The Kier molecular flexibility index (Phi) is 6.66. The van der Waals surface area contributed by atoms with Crippen molar-refractivity contribution >= 4 is 23.6 Å². The average Bonchev–Trinajstić information content (AvgIpc) is 2.72. The first-order chi connectivity index (χ1) is 13.6. The van der Waals surface area contributed by atoms with Gasteiger partial charge in [0.1, 0.15) is 13.2 Å². The van der Waals surface area contributed by atoms with Gasteiger partial charge in [-0.1, -0.05) is 23.7 Å². The number of ether oxygens (including phenoxy) is 4. The maximum atomic E-state index is 12.2. The van der Waals surface area contributed by atoms with Crippen molar-refractivity contribution in [2.75, 3.05) is 26.9 Å². The fourth-order valence-electron chi connectivity index (χ4n) is 2.81. The van der Waals surface area contributed by atoms with E-state index in [1.807, 2.05) is 25.1 Å². The van der Waals surface area contributed by atoms with Gasteiger partial charge in [-0.05, 0) is 36.8 Å². The monoisotopic (exact) mass is 403 g/mol. The van der Waals surface area contributed by atoms with Crippen molar-refractivity contribution in [1.29, 1.82) is 0 Å². The summed E-state index contributed by atoms with van der Waals surface area (Å²) in [6, 6.07) is 9.10. The molecule has 1 N–H and O–H groups in total. The SMILES string of the molecule is CCOc1c(Cl)cc(/C=C/C(=O)NCc2cccc3c2OCCO3)cc1OC. The summed E-state index contributed by atoms with van der Waals surface area (Å²) in [5.41, 5.74) is 1.60. The molecule has 2 aromatic rings. The molecule has 28 heavy (non-hydrogen) atoms. The fourth-order valence-corrected chi connectivity index (χ4v) is 3.08. The van der Waals surface area contributed by atoms with Gasteiger partial charge >= 0.3 is 0 Å². The van der Waals surface area contributed by atoms with Crippen molar-refractivity contribution < 1.29 is 23.7 Å². The van der Waals surface area contributed by atoms with Gasteiger partial charge in [0.15, 0.2) is 23.0 Å². The lowest BCUT2D eigenvalue weighted by Gasteiger charge is -2.20. The number of amides is 1. The number of rotatable bonds is 7. The van der Waals surface area contributed by atoms with Gasteiger partial charge in [0.25, 0.3) is 0 Å². The Morgan fingerprint density at radius 3 is 2.89 bits per heavy atom. The van der Waals surface area contributed by atoms with E-state index < -0.39 is 0 Å². The fraction of sp³-hybridized carbons (Fsp3) is 0.286. The van der Waals surface area contributed by atoms with Crippen molar-refractivity contribution in [1.82, 2.24) is 5.32 Å². The molecule has 7 heteroatoms. The van der Waals surface area contributed by atoms with Crippen LogP contribution < -0.4 is 24.3 Å². The van der Waals surface area contributed by atoms with E-state index in [1.54, 1.807) is 25.3 Å². The maximum absolute atomic E-state index is 12.2.